The molecule has 0 aliphatic carbocycles. The lowest BCUT2D eigenvalue weighted by Gasteiger charge is -2.35. The number of rotatable bonds is 2. The first-order valence-electron chi connectivity index (χ1n) is 5.24. The van der Waals surface area contributed by atoms with Gasteiger partial charge in [0.2, 0.25) is 5.72 Å². The van der Waals surface area contributed by atoms with Gasteiger partial charge < -0.3 is 14.8 Å². The fourth-order valence-electron chi connectivity index (χ4n) is 1.62. The molecule has 1 aliphatic rings. The molecule has 1 N–H and O–H groups in total. The van der Waals surface area contributed by atoms with Gasteiger partial charge in [0, 0.05) is 6.92 Å². The molecule has 1 heterocycles. The lowest BCUT2D eigenvalue weighted by atomic mass is 10.1. The molecule has 0 bridgehead atoms. The summed E-state index contributed by atoms with van der Waals surface area (Å²) < 4.78 is 10.5. The minimum absolute atomic E-state index is 0.0254. The van der Waals surface area contributed by atoms with Gasteiger partial charge in [-0.3, -0.25) is 9.59 Å². The summed E-state index contributed by atoms with van der Waals surface area (Å²) in [5.41, 5.74) is -0.537. The summed E-state index contributed by atoms with van der Waals surface area (Å²) in [6.07, 6.45) is 0. The molecule has 1 aromatic carbocycles. The molecule has 17 heavy (non-hydrogen) atoms. The van der Waals surface area contributed by atoms with Gasteiger partial charge >= 0.3 is 5.97 Å². The molecule has 0 fully saturated rings. The molecule has 0 saturated heterocycles. The van der Waals surface area contributed by atoms with Crippen LogP contribution in [0.3, 0.4) is 0 Å². The van der Waals surface area contributed by atoms with Gasteiger partial charge in [0.1, 0.15) is 12.4 Å². The van der Waals surface area contributed by atoms with E-state index >= 15 is 0 Å². The molecule has 5 nitrogen and oxygen atoms in total. The van der Waals surface area contributed by atoms with Crippen molar-refractivity contribution >= 4 is 11.9 Å². The molecule has 1 amide bonds. The lowest BCUT2D eigenvalue weighted by molar-refractivity contribution is -0.147. The number of carbonyl (C=O) groups excluding carboxylic acids is 2. The van der Waals surface area contributed by atoms with Crippen LogP contribution in [0.4, 0.5) is 0 Å². The van der Waals surface area contributed by atoms with Crippen molar-refractivity contribution in [2.45, 2.75) is 19.6 Å². The first-order chi connectivity index (χ1) is 8.00. The molecule has 0 spiro atoms. The molecular formula is C12H13NO4. The van der Waals surface area contributed by atoms with Gasteiger partial charge in [-0.1, -0.05) is 12.1 Å². The van der Waals surface area contributed by atoms with Crippen molar-refractivity contribution in [1.82, 2.24) is 5.32 Å². The highest BCUT2D eigenvalue weighted by atomic mass is 16.6. The highest BCUT2D eigenvalue weighted by Gasteiger charge is 2.36. The third kappa shape index (κ3) is 2.38. The first-order valence-corrected chi connectivity index (χ1v) is 5.24. The van der Waals surface area contributed by atoms with Crippen LogP contribution in [-0.4, -0.2) is 24.2 Å². The number of esters is 1. The van der Waals surface area contributed by atoms with Crippen LogP contribution < -0.4 is 10.1 Å². The Kier molecular flexibility index (Phi) is 2.75. The van der Waals surface area contributed by atoms with Gasteiger partial charge in [-0.05, 0) is 19.1 Å². The summed E-state index contributed by atoms with van der Waals surface area (Å²) in [7, 11) is 0. The summed E-state index contributed by atoms with van der Waals surface area (Å²) in [5, 5.41) is 2.67. The molecular weight excluding hydrogens is 222 g/mol. The topological polar surface area (TPSA) is 64.6 Å². The minimum Gasteiger partial charge on any atom is -0.464 e. The van der Waals surface area contributed by atoms with Crippen molar-refractivity contribution in [3.8, 4) is 5.75 Å². The Morgan fingerprint density at radius 3 is 2.88 bits per heavy atom. The van der Waals surface area contributed by atoms with Crippen LogP contribution in [0.25, 0.3) is 0 Å². The molecule has 2 rings (SSSR count). The van der Waals surface area contributed by atoms with E-state index in [1.165, 1.54) is 6.92 Å². The molecule has 1 atom stereocenters. The van der Waals surface area contributed by atoms with Crippen molar-refractivity contribution in [2.24, 2.45) is 0 Å². The second-order valence-corrected chi connectivity index (χ2v) is 4.06. The normalized spacial score (nSPS) is 22.1. The fraction of sp³-hybridized carbons (Fsp3) is 0.333. The van der Waals surface area contributed by atoms with Crippen LogP contribution in [0, 0.1) is 0 Å². The third-order valence-electron chi connectivity index (χ3n) is 2.40. The number of para-hydroxylation sites is 1. The molecule has 5 heteroatoms. The van der Waals surface area contributed by atoms with Crippen LogP contribution >= 0.6 is 0 Å². The van der Waals surface area contributed by atoms with Gasteiger partial charge in [-0.15, -0.1) is 0 Å². The lowest BCUT2D eigenvalue weighted by Crippen LogP contribution is -2.57. The molecule has 0 saturated carbocycles. The van der Waals surface area contributed by atoms with E-state index in [1.54, 1.807) is 31.2 Å². The standard InChI is InChI=1S/C12H13NO4/c1-8(14)16-7-12(2)13-11(15)9-5-3-4-6-10(9)17-12/h3-6H,7H2,1-2H3,(H,13,15)/t12-/m0/s1. The largest absolute Gasteiger partial charge is 0.464 e. The second-order valence-electron chi connectivity index (χ2n) is 4.06. The average Bonchev–Trinajstić information content (AvgIpc) is 2.26. The smallest absolute Gasteiger partial charge is 0.302 e. The summed E-state index contributed by atoms with van der Waals surface area (Å²) in [6, 6.07) is 6.93. The van der Waals surface area contributed by atoms with Crippen LogP contribution in [0.1, 0.15) is 24.2 Å². The first kappa shape index (κ1) is 11.4. The summed E-state index contributed by atoms with van der Waals surface area (Å²) >= 11 is 0. The van der Waals surface area contributed by atoms with Crippen molar-refractivity contribution < 1.29 is 19.1 Å². The Balaban J connectivity index is 2.21. The van der Waals surface area contributed by atoms with Crippen molar-refractivity contribution in [3.05, 3.63) is 29.8 Å². The molecule has 1 aliphatic heterocycles. The quantitative estimate of drug-likeness (QED) is 0.779. The van der Waals surface area contributed by atoms with Gasteiger partial charge in [-0.25, -0.2) is 0 Å². The van der Waals surface area contributed by atoms with Gasteiger partial charge in [0.15, 0.2) is 0 Å². The van der Waals surface area contributed by atoms with E-state index in [-0.39, 0.29) is 12.5 Å². The van der Waals surface area contributed by atoms with E-state index in [0.717, 1.165) is 0 Å². The predicted octanol–water partition coefficient (Wildman–Crippen LogP) is 1.09. The summed E-state index contributed by atoms with van der Waals surface area (Å²) in [4.78, 5) is 22.6. The highest BCUT2D eigenvalue weighted by molar-refractivity contribution is 5.98. The van der Waals surface area contributed by atoms with Crippen molar-refractivity contribution in [2.75, 3.05) is 6.61 Å². The monoisotopic (exact) mass is 235 g/mol. The maximum atomic E-state index is 11.8. The van der Waals surface area contributed by atoms with E-state index < -0.39 is 11.7 Å². The van der Waals surface area contributed by atoms with Gasteiger partial charge in [-0.2, -0.15) is 0 Å². The highest BCUT2D eigenvalue weighted by Crippen LogP contribution is 2.27. The Morgan fingerprint density at radius 2 is 2.18 bits per heavy atom. The molecule has 90 valence electrons. The maximum absolute atomic E-state index is 11.8. The fourth-order valence-corrected chi connectivity index (χ4v) is 1.62. The molecule has 1 aromatic rings. The number of hydrogen-bond acceptors (Lipinski definition) is 4. The zero-order valence-electron chi connectivity index (χ0n) is 9.65. The number of fused-ring (bicyclic) bond motifs is 1. The van der Waals surface area contributed by atoms with E-state index in [1.807, 2.05) is 0 Å². The Hall–Kier alpha value is -2.04. The number of hydrogen-bond donors (Lipinski definition) is 1. The number of benzene rings is 1. The van der Waals surface area contributed by atoms with Crippen LogP contribution in [0.2, 0.25) is 0 Å². The van der Waals surface area contributed by atoms with Crippen LogP contribution in [0.5, 0.6) is 5.75 Å². The van der Waals surface area contributed by atoms with Crippen LogP contribution in [0.15, 0.2) is 24.3 Å². The molecule has 0 unspecified atom stereocenters. The predicted molar refractivity (Wildman–Crippen MR) is 59.6 cm³/mol. The van der Waals surface area contributed by atoms with E-state index in [9.17, 15) is 9.59 Å². The van der Waals surface area contributed by atoms with Crippen LogP contribution in [-0.2, 0) is 9.53 Å². The molecule has 0 radical (unpaired) electrons. The number of nitrogens with one attached hydrogen (secondary N) is 1. The zero-order chi connectivity index (χ0) is 12.5. The zero-order valence-corrected chi connectivity index (χ0v) is 9.65. The Morgan fingerprint density at radius 1 is 1.47 bits per heavy atom. The van der Waals surface area contributed by atoms with Gasteiger partial charge in [0.05, 0.1) is 5.56 Å². The number of carbonyl (C=O) groups is 2. The molecule has 0 aromatic heterocycles. The van der Waals surface area contributed by atoms with Crippen molar-refractivity contribution in [3.63, 3.8) is 0 Å². The summed E-state index contributed by atoms with van der Waals surface area (Å²) in [5.74, 6) is -0.157. The number of amides is 1. The Bertz CT molecular complexity index is 471. The number of ether oxygens (including phenoxy) is 2. The second kappa shape index (κ2) is 4.08. The summed E-state index contributed by atoms with van der Waals surface area (Å²) in [6.45, 7) is 2.94. The van der Waals surface area contributed by atoms with Crippen molar-refractivity contribution in [1.29, 1.82) is 0 Å². The van der Waals surface area contributed by atoms with E-state index in [4.69, 9.17) is 9.47 Å². The minimum atomic E-state index is -1.02. The average molecular weight is 235 g/mol. The SMILES string of the molecule is CC(=O)OC[C@@]1(C)NC(=O)c2ccccc2O1. The van der Waals surface area contributed by atoms with E-state index in [2.05, 4.69) is 5.32 Å². The van der Waals surface area contributed by atoms with E-state index in [0.29, 0.717) is 11.3 Å². The maximum Gasteiger partial charge on any atom is 0.302 e. The van der Waals surface area contributed by atoms with Gasteiger partial charge in [0.25, 0.3) is 5.91 Å². The Labute approximate surface area is 98.7 Å². The third-order valence-corrected chi connectivity index (χ3v) is 2.40.